The molecule has 2 heterocycles. The predicted molar refractivity (Wildman–Crippen MR) is 125 cm³/mol. The molecule has 0 radical (unpaired) electrons. The molecule has 6 heteroatoms. The molecular weight excluding hydrogens is 414 g/mol. The summed E-state index contributed by atoms with van der Waals surface area (Å²) in [5, 5.41) is 0. The van der Waals surface area contributed by atoms with Gasteiger partial charge in [0.1, 0.15) is 6.10 Å². The SMILES string of the molecule is O=C(c1ccccc1)c1ccccc1C(=O)N1CCC(Oc2cnc3ccccc3n2)CC1. The minimum Gasteiger partial charge on any atom is -0.473 e. The average molecular weight is 437 g/mol. The summed E-state index contributed by atoms with van der Waals surface area (Å²) in [7, 11) is 0. The number of hydrogen-bond donors (Lipinski definition) is 0. The Labute approximate surface area is 191 Å². The molecule has 1 aliphatic rings. The first-order valence-electron chi connectivity index (χ1n) is 11.1. The lowest BCUT2D eigenvalue weighted by Gasteiger charge is -2.32. The van der Waals surface area contributed by atoms with E-state index >= 15 is 0 Å². The van der Waals surface area contributed by atoms with Gasteiger partial charge in [0.25, 0.3) is 5.91 Å². The number of aromatic nitrogens is 2. The highest BCUT2D eigenvalue weighted by Crippen LogP contribution is 2.22. The third-order valence-electron chi connectivity index (χ3n) is 5.88. The van der Waals surface area contributed by atoms with Gasteiger partial charge in [-0.3, -0.25) is 9.59 Å². The summed E-state index contributed by atoms with van der Waals surface area (Å²) < 4.78 is 6.05. The van der Waals surface area contributed by atoms with Crippen LogP contribution >= 0.6 is 0 Å². The van der Waals surface area contributed by atoms with Crippen LogP contribution in [0, 0.1) is 0 Å². The van der Waals surface area contributed by atoms with Gasteiger partial charge in [-0.25, -0.2) is 9.97 Å². The normalized spacial score (nSPS) is 14.2. The van der Waals surface area contributed by atoms with E-state index < -0.39 is 0 Å². The summed E-state index contributed by atoms with van der Waals surface area (Å²) in [5.41, 5.74) is 3.06. The summed E-state index contributed by atoms with van der Waals surface area (Å²) >= 11 is 0. The summed E-state index contributed by atoms with van der Waals surface area (Å²) in [4.78, 5) is 37.0. The van der Waals surface area contributed by atoms with Gasteiger partial charge >= 0.3 is 0 Å². The van der Waals surface area contributed by atoms with E-state index in [4.69, 9.17) is 4.74 Å². The summed E-state index contributed by atoms with van der Waals surface area (Å²) in [6.45, 7) is 1.11. The quantitative estimate of drug-likeness (QED) is 0.429. The lowest BCUT2D eigenvalue weighted by Crippen LogP contribution is -2.42. The fourth-order valence-electron chi connectivity index (χ4n) is 4.13. The molecule has 0 aliphatic carbocycles. The Morgan fingerprint density at radius 3 is 2.18 bits per heavy atom. The number of benzene rings is 3. The van der Waals surface area contributed by atoms with Gasteiger partial charge in [-0.15, -0.1) is 0 Å². The van der Waals surface area contributed by atoms with Gasteiger partial charge in [0.15, 0.2) is 5.78 Å². The van der Waals surface area contributed by atoms with Crippen LogP contribution in [0.25, 0.3) is 11.0 Å². The molecule has 6 nitrogen and oxygen atoms in total. The molecule has 0 atom stereocenters. The number of ether oxygens (including phenoxy) is 1. The van der Waals surface area contributed by atoms with Crippen LogP contribution in [0.4, 0.5) is 0 Å². The Bertz CT molecular complexity index is 1300. The fourth-order valence-corrected chi connectivity index (χ4v) is 4.13. The molecule has 0 spiro atoms. The average Bonchev–Trinajstić information content (AvgIpc) is 2.89. The molecule has 4 aromatic rings. The number of carbonyl (C=O) groups excluding carboxylic acids is 2. The van der Waals surface area contributed by atoms with Crippen molar-refractivity contribution >= 4 is 22.7 Å². The molecule has 1 saturated heterocycles. The first-order valence-corrected chi connectivity index (χ1v) is 11.1. The van der Waals surface area contributed by atoms with Crippen LogP contribution in [-0.2, 0) is 0 Å². The molecule has 164 valence electrons. The lowest BCUT2D eigenvalue weighted by molar-refractivity contribution is 0.0585. The number of nitrogens with zero attached hydrogens (tertiary/aromatic N) is 3. The molecule has 0 unspecified atom stereocenters. The van der Waals surface area contributed by atoms with Crippen LogP contribution in [0.5, 0.6) is 5.88 Å². The molecular formula is C27H23N3O3. The van der Waals surface area contributed by atoms with Crippen LogP contribution < -0.4 is 4.74 Å². The van der Waals surface area contributed by atoms with Crippen LogP contribution in [0.2, 0.25) is 0 Å². The van der Waals surface area contributed by atoms with Crippen molar-refractivity contribution in [3.63, 3.8) is 0 Å². The molecule has 0 bridgehead atoms. The highest BCUT2D eigenvalue weighted by molar-refractivity contribution is 6.15. The van der Waals surface area contributed by atoms with E-state index in [0.717, 1.165) is 11.0 Å². The molecule has 5 rings (SSSR count). The van der Waals surface area contributed by atoms with Crippen molar-refractivity contribution in [3.8, 4) is 5.88 Å². The molecule has 3 aromatic carbocycles. The second kappa shape index (κ2) is 9.20. The number of amides is 1. The van der Waals surface area contributed by atoms with Crippen LogP contribution in [0.15, 0.2) is 85.1 Å². The van der Waals surface area contributed by atoms with E-state index in [1.807, 2.05) is 42.5 Å². The third-order valence-corrected chi connectivity index (χ3v) is 5.88. The fraction of sp³-hybridized carbons (Fsp3) is 0.185. The number of piperidine rings is 1. The van der Waals surface area contributed by atoms with Crippen LogP contribution in [-0.4, -0.2) is 45.8 Å². The Morgan fingerprint density at radius 1 is 0.788 bits per heavy atom. The Morgan fingerprint density at radius 2 is 1.42 bits per heavy atom. The first-order chi connectivity index (χ1) is 16.2. The van der Waals surface area contributed by atoms with E-state index in [-0.39, 0.29) is 17.8 Å². The van der Waals surface area contributed by atoms with Gasteiger partial charge in [-0.2, -0.15) is 0 Å². The minimum absolute atomic E-state index is 0.0364. The number of para-hydroxylation sites is 2. The van der Waals surface area contributed by atoms with Gasteiger partial charge in [0.2, 0.25) is 5.88 Å². The van der Waals surface area contributed by atoms with Crippen LogP contribution in [0.3, 0.4) is 0 Å². The van der Waals surface area contributed by atoms with Crippen molar-refractivity contribution in [1.82, 2.24) is 14.9 Å². The molecule has 0 N–H and O–H groups in total. The van der Waals surface area contributed by atoms with Gasteiger partial charge in [-0.05, 0) is 18.2 Å². The Kier molecular flexibility index (Phi) is 5.81. The van der Waals surface area contributed by atoms with Gasteiger partial charge in [0, 0.05) is 37.1 Å². The first kappa shape index (κ1) is 20.8. The van der Waals surface area contributed by atoms with Crippen molar-refractivity contribution < 1.29 is 14.3 Å². The number of likely N-dealkylation sites (tertiary alicyclic amines) is 1. The highest BCUT2D eigenvalue weighted by atomic mass is 16.5. The molecule has 1 fully saturated rings. The second-order valence-electron chi connectivity index (χ2n) is 8.05. The Balaban J connectivity index is 1.26. The van der Waals surface area contributed by atoms with Gasteiger partial charge in [-0.1, -0.05) is 60.7 Å². The van der Waals surface area contributed by atoms with Crippen molar-refractivity contribution in [2.24, 2.45) is 0 Å². The van der Waals surface area contributed by atoms with Crippen molar-refractivity contribution in [2.45, 2.75) is 18.9 Å². The van der Waals surface area contributed by atoms with Crippen molar-refractivity contribution in [2.75, 3.05) is 13.1 Å². The number of ketones is 1. The monoisotopic (exact) mass is 437 g/mol. The van der Waals surface area contributed by atoms with E-state index in [1.165, 1.54) is 0 Å². The maximum atomic E-state index is 13.3. The maximum Gasteiger partial charge on any atom is 0.254 e. The number of carbonyl (C=O) groups is 2. The van der Waals surface area contributed by atoms with E-state index in [0.29, 0.717) is 48.5 Å². The zero-order valence-corrected chi connectivity index (χ0v) is 18.1. The summed E-state index contributed by atoms with van der Waals surface area (Å²) in [6.07, 6.45) is 2.99. The highest BCUT2D eigenvalue weighted by Gasteiger charge is 2.27. The molecule has 33 heavy (non-hydrogen) atoms. The third kappa shape index (κ3) is 4.46. The lowest BCUT2D eigenvalue weighted by atomic mass is 9.97. The predicted octanol–water partition coefficient (Wildman–Crippen LogP) is 4.54. The molecule has 1 aliphatic heterocycles. The van der Waals surface area contributed by atoms with Crippen molar-refractivity contribution in [1.29, 1.82) is 0 Å². The number of rotatable bonds is 5. The van der Waals surface area contributed by atoms with E-state index in [9.17, 15) is 9.59 Å². The van der Waals surface area contributed by atoms with Crippen LogP contribution in [0.1, 0.15) is 39.1 Å². The Hall–Kier alpha value is -4.06. The number of fused-ring (bicyclic) bond motifs is 1. The minimum atomic E-state index is -0.146. The van der Waals surface area contributed by atoms with Gasteiger partial charge < -0.3 is 9.64 Å². The smallest absolute Gasteiger partial charge is 0.254 e. The van der Waals surface area contributed by atoms with E-state index in [2.05, 4.69) is 9.97 Å². The number of hydrogen-bond acceptors (Lipinski definition) is 5. The zero-order chi connectivity index (χ0) is 22.6. The summed E-state index contributed by atoms with van der Waals surface area (Å²) in [6, 6.07) is 23.7. The molecule has 1 aromatic heterocycles. The second-order valence-corrected chi connectivity index (χ2v) is 8.05. The zero-order valence-electron chi connectivity index (χ0n) is 18.1. The van der Waals surface area contributed by atoms with Crippen molar-refractivity contribution in [3.05, 3.63) is 102 Å². The molecule has 1 amide bonds. The largest absolute Gasteiger partial charge is 0.473 e. The topological polar surface area (TPSA) is 72.4 Å². The summed E-state index contributed by atoms with van der Waals surface area (Å²) in [5.74, 6) is 0.226. The maximum absolute atomic E-state index is 13.3. The standard InChI is InChI=1S/C27H23N3O3/c31-26(19-8-2-1-3-9-19)21-10-4-5-11-22(21)27(32)30-16-14-20(15-17-30)33-25-18-28-23-12-6-7-13-24(23)29-25/h1-13,18,20H,14-17H2. The van der Waals surface area contributed by atoms with Gasteiger partial charge in [0.05, 0.1) is 22.8 Å². The van der Waals surface area contributed by atoms with E-state index in [1.54, 1.807) is 47.5 Å². The molecule has 0 saturated carbocycles.